The van der Waals surface area contributed by atoms with E-state index in [2.05, 4.69) is 37.9 Å². The Hall–Kier alpha value is -1.09. The van der Waals surface area contributed by atoms with Crippen molar-refractivity contribution in [2.24, 2.45) is 0 Å². The van der Waals surface area contributed by atoms with Gasteiger partial charge in [-0.3, -0.25) is 0 Å². The van der Waals surface area contributed by atoms with E-state index < -0.39 is 8.07 Å². The Morgan fingerprint density at radius 2 is 1.88 bits per heavy atom. The summed E-state index contributed by atoms with van der Waals surface area (Å²) in [7, 11) is -1.38. The molecule has 0 saturated carbocycles. The number of fused-ring (bicyclic) bond motifs is 1. The number of nitrogens with zero attached hydrogens (tertiary/aromatic N) is 1. The van der Waals surface area contributed by atoms with Gasteiger partial charge in [0.2, 0.25) is 5.71 Å². The third-order valence-corrected chi connectivity index (χ3v) is 9.20. The summed E-state index contributed by atoms with van der Waals surface area (Å²) >= 11 is 0. The highest BCUT2D eigenvalue weighted by Crippen LogP contribution is 2.23. The van der Waals surface area contributed by atoms with E-state index in [9.17, 15) is 0 Å². The van der Waals surface area contributed by atoms with Crippen LogP contribution in [0.1, 0.15) is 20.8 Å². The smallest absolute Gasteiger partial charge is 0.225 e. The van der Waals surface area contributed by atoms with Crippen molar-refractivity contribution in [2.75, 3.05) is 0 Å². The highest BCUT2D eigenvalue weighted by atomic mass is 28.3. The molecule has 3 heteroatoms. The number of rotatable bonds is 4. The minimum Gasteiger partial charge on any atom is -0.448 e. The van der Waals surface area contributed by atoms with E-state index in [1.807, 2.05) is 6.07 Å². The van der Waals surface area contributed by atoms with Crippen LogP contribution in [0.4, 0.5) is 0 Å². The Kier molecular flexibility index (Phi) is 3.14. The number of aromatic nitrogens is 1. The van der Waals surface area contributed by atoms with Crippen molar-refractivity contribution < 1.29 is 4.42 Å². The van der Waals surface area contributed by atoms with Crippen LogP contribution in [-0.2, 0) is 0 Å². The van der Waals surface area contributed by atoms with Gasteiger partial charge in [0.15, 0.2) is 0 Å². The lowest BCUT2D eigenvalue weighted by Crippen LogP contribution is -2.44. The predicted molar refractivity (Wildman–Crippen MR) is 70.8 cm³/mol. The van der Waals surface area contributed by atoms with E-state index in [0.29, 0.717) is 0 Å². The topological polar surface area (TPSA) is 26.0 Å². The van der Waals surface area contributed by atoms with E-state index in [1.54, 1.807) is 6.20 Å². The monoisotopic (exact) mass is 233 g/mol. The fraction of sp³-hybridized carbons (Fsp3) is 0.462. The van der Waals surface area contributed by atoms with Crippen LogP contribution in [-0.4, -0.2) is 13.1 Å². The maximum atomic E-state index is 5.96. The first-order valence-corrected chi connectivity index (χ1v) is 8.73. The number of hydrogen-bond donors (Lipinski definition) is 0. The standard InChI is InChI=1S/C13H19NOSi/c1-4-16(5-2,6-3)12-10-11-8-7-9-14-13(11)15-12/h7-10H,4-6H2,1-3H3. The summed E-state index contributed by atoms with van der Waals surface area (Å²) in [5.74, 6) is 0. The summed E-state index contributed by atoms with van der Waals surface area (Å²) in [6, 6.07) is 10.0. The first-order valence-electron chi connectivity index (χ1n) is 6.10. The molecule has 0 aromatic carbocycles. The molecule has 0 amide bonds. The molecular weight excluding hydrogens is 214 g/mol. The van der Waals surface area contributed by atoms with Gasteiger partial charge in [-0.25, -0.2) is 4.98 Å². The molecule has 0 saturated heterocycles. The molecule has 0 N–H and O–H groups in total. The molecule has 2 aromatic rings. The zero-order chi connectivity index (χ0) is 11.6. The van der Waals surface area contributed by atoms with Crippen LogP contribution >= 0.6 is 0 Å². The van der Waals surface area contributed by atoms with Gasteiger partial charge in [0.05, 0.1) is 5.38 Å². The normalized spacial score (nSPS) is 12.2. The Bertz CT molecular complexity index is 432. The molecule has 0 atom stereocenters. The molecule has 2 aromatic heterocycles. The van der Waals surface area contributed by atoms with Crippen molar-refractivity contribution >= 4 is 24.6 Å². The van der Waals surface area contributed by atoms with E-state index in [1.165, 1.54) is 23.5 Å². The van der Waals surface area contributed by atoms with Crippen molar-refractivity contribution in [3.05, 3.63) is 24.4 Å². The van der Waals surface area contributed by atoms with Gasteiger partial charge in [0.25, 0.3) is 0 Å². The zero-order valence-electron chi connectivity index (χ0n) is 10.3. The SMILES string of the molecule is CC[Si](CC)(CC)c1cc2cccnc2o1. The van der Waals surface area contributed by atoms with E-state index in [-0.39, 0.29) is 0 Å². The number of hydrogen-bond acceptors (Lipinski definition) is 2. The summed E-state index contributed by atoms with van der Waals surface area (Å²) in [5, 5.41) is 2.37. The molecule has 0 aliphatic carbocycles. The molecule has 86 valence electrons. The molecule has 0 radical (unpaired) electrons. The average molecular weight is 233 g/mol. The summed E-state index contributed by atoms with van der Waals surface area (Å²) in [4.78, 5) is 4.27. The average Bonchev–Trinajstić information content (AvgIpc) is 2.76. The maximum Gasteiger partial charge on any atom is 0.225 e. The molecule has 16 heavy (non-hydrogen) atoms. The third kappa shape index (κ3) is 1.69. The number of pyridine rings is 1. The molecule has 0 aliphatic rings. The second-order valence-electron chi connectivity index (χ2n) is 4.35. The molecule has 0 aliphatic heterocycles. The highest BCUT2D eigenvalue weighted by Gasteiger charge is 2.33. The van der Waals surface area contributed by atoms with Gasteiger partial charge in [-0.15, -0.1) is 0 Å². The largest absolute Gasteiger partial charge is 0.448 e. The third-order valence-electron chi connectivity index (χ3n) is 3.85. The number of furan rings is 1. The van der Waals surface area contributed by atoms with Gasteiger partial charge in [-0.05, 0) is 18.2 Å². The van der Waals surface area contributed by atoms with Gasteiger partial charge in [0.1, 0.15) is 8.07 Å². The molecule has 0 spiro atoms. The molecule has 0 fully saturated rings. The van der Waals surface area contributed by atoms with Crippen LogP contribution < -0.4 is 5.38 Å². The van der Waals surface area contributed by atoms with Gasteiger partial charge in [-0.1, -0.05) is 38.9 Å². The summed E-state index contributed by atoms with van der Waals surface area (Å²) in [6.45, 7) is 6.87. The lowest BCUT2D eigenvalue weighted by Gasteiger charge is -2.24. The second kappa shape index (κ2) is 4.42. The Morgan fingerprint density at radius 1 is 1.19 bits per heavy atom. The minimum absolute atomic E-state index is 0.796. The van der Waals surface area contributed by atoms with Crippen molar-refractivity contribution in [1.29, 1.82) is 0 Å². The van der Waals surface area contributed by atoms with Gasteiger partial charge in [0, 0.05) is 11.6 Å². The van der Waals surface area contributed by atoms with E-state index in [0.717, 1.165) is 11.1 Å². The van der Waals surface area contributed by atoms with Crippen LogP contribution in [0.5, 0.6) is 0 Å². The van der Waals surface area contributed by atoms with Crippen molar-refractivity contribution in [1.82, 2.24) is 4.98 Å². The van der Waals surface area contributed by atoms with E-state index >= 15 is 0 Å². The van der Waals surface area contributed by atoms with Crippen LogP contribution in [0.15, 0.2) is 28.8 Å². The van der Waals surface area contributed by atoms with Gasteiger partial charge in [-0.2, -0.15) is 0 Å². The first-order chi connectivity index (χ1) is 7.75. The lowest BCUT2D eigenvalue weighted by atomic mass is 10.3. The summed E-state index contributed by atoms with van der Waals surface area (Å²) in [5.41, 5.74) is 0.796. The van der Waals surface area contributed by atoms with Crippen LogP contribution in [0.3, 0.4) is 0 Å². The van der Waals surface area contributed by atoms with Crippen molar-refractivity contribution in [3.63, 3.8) is 0 Å². The molecule has 2 rings (SSSR count). The van der Waals surface area contributed by atoms with Gasteiger partial charge >= 0.3 is 0 Å². The van der Waals surface area contributed by atoms with Crippen molar-refractivity contribution in [2.45, 2.75) is 38.9 Å². The molecule has 2 nitrogen and oxygen atoms in total. The van der Waals surface area contributed by atoms with Crippen LogP contribution in [0.25, 0.3) is 11.1 Å². The molecular formula is C13H19NOSi. The fourth-order valence-corrected chi connectivity index (χ4v) is 5.73. The van der Waals surface area contributed by atoms with Gasteiger partial charge < -0.3 is 4.42 Å². The summed E-state index contributed by atoms with van der Waals surface area (Å²) in [6.07, 6.45) is 1.79. The Labute approximate surface area is 97.7 Å². The second-order valence-corrected chi connectivity index (χ2v) is 9.52. The molecule has 0 bridgehead atoms. The lowest BCUT2D eigenvalue weighted by molar-refractivity contribution is 0.631. The summed E-state index contributed by atoms with van der Waals surface area (Å²) < 4.78 is 5.96. The first kappa shape index (κ1) is 11.4. The van der Waals surface area contributed by atoms with Crippen LogP contribution in [0, 0.1) is 0 Å². The fourth-order valence-electron chi connectivity index (χ4n) is 2.41. The predicted octanol–water partition coefficient (Wildman–Crippen LogP) is 3.54. The Morgan fingerprint density at radius 3 is 2.44 bits per heavy atom. The van der Waals surface area contributed by atoms with E-state index in [4.69, 9.17) is 4.42 Å². The minimum atomic E-state index is -1.38. The zero-order valence-corrected chi connectivity index (χ0v) is 11.3. The Balaban J connectivity index is 2.53. The molecule has 0 unspecified atom stereocenters. The maximum absolute atomic E-state index is 5.96. The highest BCUT2D eigenvalue weighted by molar-refractivity contribution is 6.91. The van der Waals surface area contributed by atoms with Crippen molar-refractivity contribution in [3.8, 4) is 0 Å². The quantitative estimate of drug-likeness (QED) is 0.755. The molecule has 2 heterocycles. The van der Waals surface area contributed by atoms with Crippen LogP contribution in [0.2, 0.25) is 18.1 Å².